The number of amides is 1. The van der Waals surface area contributed by atoms with Crippen LogP contribution in [0.15, 0.2) is 65.6 Å². The molecular formula is C23H25N5O4S. The van der Waals surface area contributed by atoms with Crippen LogP contribution in [0.5, 0.6) is 11.6 Å². The number of ether oxygens (including phenoxy) is 1. The van der Waals surface area contributed by atoms with E-state index < -0.39 is 10.0 Å². The van der Waals surface area contributed by atoms with E-state index in [9.17, 15) is 13.2 Å². The van der Waals surface area contributed by atoms with Crippen molar-refractivity contribution in [1.29, 1.82) is 0 Å². The number of carbonyl (C=O) groups excluding carboxylic acids is 1. The van der Waals surface area contributed by atoms with Crippen molar-refractivity contribution >= 4 is 27.4 Å². The molecule has 0 spiro atoms. The molecule has 1 saturated heterocycles. The summed E-state index contributed by atoms with van der Waals surface area (Å²) < 4.78 is 33.4. The number of benzene rings is 2. The van der Waals surface area contributed by atoms with Crippen molar-refractivity contribution in [3.63, 3.8) is 0 Å². The van der Waals surface area contributed by atoms with Gasteiger partial charge in [0.15, 0.2) is 0 Å². The molecule has 0 bridgehead atoms. The van der Waals surface area contributed by atoms with Gasteiger partial charge in [-0.1, -0.05) is 18.2 Å². The van der Waals surface area contributed by atoms with Crippen LogP contribution in [0.1, 0.15) is 12.7 Å². The second-order valence-electron chi connectivity index (χ2n) is 7.62. The topological polar surface area (TPSA) is 105 Å². The fourth-order valence-electron chi connectivity index (χ4n) is 3.57. The second-order valence-corrected chi connectivity index (χ2v) is 9.56. The molecule has 0 unspecified atom stereocenters. The molecule has 0 saturated carbocycles. The zero-order valence-electron chi connectivity index (χ0n) is 18.4. The SMILES string of the molecule is CC(=O)Nc1ccc(S(=O)(=O)N2CCN(c3cc(Oc4ccccc4)nc(C)n3)CC2)cc1. The van der Waals surface area contributed by atoms with Crippen LogP contribution in [0.3, 0.4) is 0 Å². The smallest absolute Gasteiger partial charge is 0.243 e. The van der Waals surface area contributed by atoms with Crippen LogP contribution in [0, 0.1) is 6.92 Å². The zero-order chi connectivity index (χ0) is 23.4. The van der Waals surface area contributed by atoms with Gasteiger partial charge >= 0.3 is 0 Å². The molecule has 9 nitrogen and oxygen atoms in total. The average molecular weight is 468 g/mol. The highest BCUT2D eigenvalue weighted by Crippen LogP contribution is 2.25. The molecule has 1 amide bonds. The molecule has 1 fully saturated rings. The summed E-state index contributed by atoms with van der Waals surface area (Å²) in [4.78, 5) is 22.2. The highest BCUT2D eigenvalue weighted by atomic mass is 32.2. The summed E-state index contributed by atoms with van der Waals surface area (Å²) in [7, 11) is -3.63. The van der Waals surface area contributed by atoms with Gasteiger partial charge in [0.05, 0.1) is 4.90 Å². The second kappa shape index (κ2) is 9.55. The van der Waals surface area contributed by atoms with Crippen molar-refractivity contribution < 1.29 is 17.9 Å². The van der Waals surface area contributed by atoms with Crippen molar-refractivity contribution in [1.82, 2.24) is 14.3 Å². The molecule has 10 heteroatoms. The minimum absolute atomic E-state index is 0.196. The molecule has 1 aliphatic rings. The summed E-state index contributed by atoms with van der Waals surface area (Å²) in [5.41, 5.74) is 0.555. The lowest BCUT2D eigenvalue weighted by Crippen LogP contribution is -2.49. The van der Waals surface area contributed by atoms with E-state index >= 15 is 0 Å². The minimum Gasteiger partial charge on any atom is -0.439 e. The Morgan fingerprint density at radius 3 is 2.27 bits per heavy atom. The van der Waals surface area contributed by atoms with Crippen LogP contribution in [-0.4, -0.2) is 54.8 Å². The number of carbonyl (C=O) groups is 1. The first-order valence-electron chi connectivity index (χ1n) is 10.5. The molecule has 0 atom stereocenters. The molecule has 0 radical (unpaired) electrons. The molecule has 172 valence electrons. The highest BCUT2D eigenvalue weighted by molar-refractivity contribution is 7.89. The van der Waals surface area contributed by atoms with E-state index in [1.54, 1.807) is 25.1 Å². The van der Waals surface area contributed by atoms with E-state index in [2.05, 4.69) is 15.3 Å². The molecule has 1 aliphatic heterocycles. The first-order chi connectivity index (χ1) is 15.8. The molecule has 3 aromatic rings. The first-order valence-corrected chi connectivity index (χ1v) is 12.0. The van der Waals surface area contributed by atoms with Gasteiger partial charge in [-0.25, -0.2) is 13.4 Å². The van der Waals surface area contributed by atoms with Crippen LogP contribution in [0.2, 0.25) is 0 Å². The van der Waals surface area contributed by atoms with Gasteiger partial charge in [-0.15, -0.1) is 0 Å². The Kier molecular flexibility index (Phi) is 6.57. The van der Waals surface area contributed by atoms with Crippen LogP contribution in [0.25, 0.3) is 0 Å². The Morgan fingerprint density at radius 1 is 0.970 bits per heavy atom. The summed E-state index contributed by atoms with van der Waals surface area (Å²) in [5.74, 6) is 2.19. The van der Waals surface area contributed by atoms with Gasteiger partial charge in [-0.2, -0.15) is 9.29 Å². The molecule has 2 heterocycles. The van der Waals surface area contributed by atoms with Gasteiger partial charge in [-0.3, -0.25) is 4.79 Å². The summed E-state index contributed by atoms with van der Waals surface area (Å²) >= 11 is 0. The number of nitrogens with zero attached hydrogens (tertiary/aromatic N) is 4. The van der Waals surface area contributed by atoms with E-state index in [0.717, 1.165) is 0 Å². The van der Waals surface area contributed by atoms with Gasteiger partial charge < -0.3 is 15.0 Å². The molecule has 4 rings (SSSR count). The van der Waals surface area contributed by atoms with Crippen LogP contribution in [0.4, 0.5) is 11.5 Å². The molecule has 2 aromatic carbocycles. The van der Waals surface area contributed by atoms with Gasteiger partial charge in [0.25, 0.3) is 0 Å². The van der Waals surface area contributed by atoms with Crippen molar-refractivity contribution in [2.45, 2.75) is 18.7 Å². The minimum atomic E-state index is -3.63. The summed E-state index contributed by atoms with van der Waals surface area (Å²) in [6.45, 7) is 4.84. The number of nitrogens with one attached hydrogen (secondary N) is 1. The van der Waals surface area contributed by atoms with Crippen molar-refractivity contribution in [2.75, 3.05) is 36.4 Å². The predicted molar refractivity (Wildman–Crippen MR) is 125 cm³/mol. The number of aromatic nitrogens is 2. The standard InChI is InChI=1S/C23H25N5O4S/c1-17-24-22(16-23(25-17)32-20-6-4-3-5-7-20)27-12-14-28(15-13-27)33(30,31)21-10-8-19(9-11-21)26-18(2)29/h3-11,16H,12-15H2,1-2H3,(H,26,29). The summed E-state index contributed by atoms with van der Waals surface area (Å²) in [5, 5.41) is 2.63. The number of hydrogen-bond acceptors (Lipinski definition) is 7. The molecule has 1 aromatic heterocycles. The normalized spacial score (nSPS) is 14.7. The first kappa shape index (κ1) is 22.7. The van der Waals surface area contributed by atoms with Gasteiger partial charge in [-0.05, 0) is 43.3 Å². The Morgan fingerprint density at radius 2 is 1.64 bits per heavy atom. The maximum atomic E-state index is 13.0. The van der Waals surface area contributed by atoms with Crippen LogP contribution >= 0.6 is 0 Å². The van der Waals surface area contributed by atoms with Gasteiger partial charge in [0.2, 0.25) is 21.8 Å². The third kappa shape index (κ3) is 5.47. The van der Waals surface area contributed by atoms with Gasteiger partial charge in [0, 0.05) is 44.9 Å². The van der Waals surface area contributed by atoms with E-state index in [4.69, 9.17) is 4.74 Å². The van der Waals surface area contributed by atoms with Gasteiger partial charge in [0.1, 0.15) is 17.4 Å². The lowest BCUT2D eigenvalue weighted by atomic mass is 10.3. The van der Waals surface area contributed by atoms with E-state index in [1.807, 2.05) is 35.2 Å². The lowest BCUT2D eigenvalue weighted by Gasteiger charge is -2.34. The van der Waals surface area contributed by atoms with Crippen LogP contribution in [-0.2, 0) is 14.8 Å². The van der Waals surface area contributed by atoms with Crippen molar-refractivity contribution in [3.05, 3.63) is 66.5 Å². The largest absolute Gasteiger partial charge is 0.439 e. The molecular weight excluding hydrogens is 442 g/mol. The van der Waals surface area contributed by atoms with Crippen LogP contribution < -0.4 is 15.0 Å². The summed E-state index contributed by atoms with van der Waals surface area (Å²) in [6.07, 6.45) is 0. The summed E-state index contributed by atoms with van der Waals surface area (Å²) in [6, 6.07) is 17.3. The van der Waals surface area contributed by atoms with Crippen molar-refractivity contribution in [2.24, 2.45) is 0 Å². The van der Waals surface area contributed by atoms with E-state index in [-0.39, 0.29) is 10.8 Å². The maximum Gasteiger partial charge on any atom is 0.243 e. The quantitative estimate of drug-likeness (QED) is 0.594. The third-order valence-electron chi connectivity index (χ3n) is 5.14. The Balaban J connectivity index is 1.43. The number of rotatable bonds is 6. The molecule has 1 N–H and O–H groups in total. The number of sulfonamides is 1. The number of piperazine rings is 1. The van der Waals surface area contributed by atoms with Crippen molar-refractivity contribution in [3.8, 4) is 11.6 Å². The molecule has 0 aliphatic carbocycles. The number of hydrogen-bond donors (Lipinski definition) is 1. The fraction of sp³-hybridized carbons (Fsp3) is 0.261. The number of anilines is 2. The van der Waals surface area contributed by atoms with E-state index in [1.165, 1.54) is 23.4 Å². The maximum absolute atomic E-state index is 13.0. The lowest BCUT2D eigenvalue weighted by molar-refractivity contribution is -0.114. The fourth-order valence-corrected chi connectivity index (χ4v) is 4.99. The zero-order valence-corrected chi connectivity index (χ0v) is 19.2. The number of para-hydroxylation sites is 1. The Hall–Kier alpha value is -3.50. The predicted octanol–water partition coefficient (Wildman–Crippen LogP) is 3.05. The Labute approximate surface area is 193 Å². The third-order valence-corrected chi connectivity index (χ3v) is 7.05. The Bertz CT molecular complexity index is 1230. The van der Waals surface area contributed by atoms with E-state index in [0.29, 0.717) is 55.1 Å². The monoisotopic (exact) mass is 467 g/mol. The molecule has 33 heavy (non-hydrogen) atoms. The average Bonchev–Trinajstić information content (AvgIpc) is 2.79. The highest BCUT2D eigenvalue weighted by Gasteiger charge is 2.29. The number of aryl methyl sites for hydroxylation is 1.